The van der Waals surface area contributed by atoms with Crippen LogP contribution in [-0.2, 0) is 6.42 Å². The van der Waals surface area contributed by atoms with Gasteiger partial charge < -0.3 is 0 Å². The second kappa shape index (κ2) is 5.36. The van der Waals surface area contributed by atoms with Gasteiger partial charge in [0.1, 0.15) is 0 Å². The number of non-ortho nitro benzene ring substituents is 1. The minimum atomic E-state index is -0.507. The van der Waals surface area contributed by atoms with E-state index < -0.39 is 4.92 Å². The molecule has 0 radical (unpaired) electrons. The van der Waals surface area contributed by atoms with E-state index in [0.717, 1.165) is 5.56 Å². The van der Waals surface area contributed by atoms with Gasteiger partial charge in [0.25, 0.3) is 5.69 Å². The van der Waals surface area contributed by atoms with Crippen LogP contribution >= 0.6 is 11.6 Å². The van der Waals surface area contributed by atoms with Crippen molar-refractivity contribution in [3.63, 3.8) is 0 Å². The maximum atomic E-state index is 10.6. The maximum Gasteiger partial charge on any atom is 0.270 e. The molecular weight excluding hydrogens is 252 g/mol. The lowest BCUT2D eigenvalue weighted by Crippen LogP contribution is -2.23. The number of hydrogen-bond acceptors (Lipinski definition) is 3. The minimum Gasteiger partial charge on any atom is -0.258 e. The predicted molar refractivity (Wildman–Crippen MR) is 70.6 cm³/mol. The predicted octanol–water partition coefficient (Wildman–Crippen LogP) is 3.66. The van der Waals surface area contributed by atoms with Crippen molar-refractivity contribution in [1.29, 1.82) is 5.26 Å². The summed E-state index contributed by atoms with van der Waals surface area (Å²) in [5.74, 6) is 0. The van der Waals surface area contributed by atoms with Gasteiger partial charge in [-0.05, 0) is 17.4 Å². The fraction of sp³-hybridized carbons (Fsp3) is 0.462. The van der Waals surface area contributed by atoms with Crippen LogP contribution < -0.4 is 0 Å². The zero-order valence-electron chi connectivity index (χ0n) is 10.6. The Labute approximate surface area is 111 Å². The van der Waals surface area contributed by atoms with Crippen LogP contribution in [0.1, 0.15) is 31.9 Å². The summed E-state index contributed by atoms with van der Waals surface area (Å²) in [7, 11) is 0. The molecule has 5 heteroatoms. The van der Waals surface area contributed by atoms with Crippen molar-refractivity contribution < 1.29 is 4.92 Å². The summed E-state index contributed by atoms with van der Waals surface area (Å²) in [6, 6.07) is 6.29. The molecular formula is C13H15ClN2O2. The zero-order valence-corrected chi connectivity index (χ0v) is 11.4. The molecule has 0 spiro atoms. The van der Waals surface area contributed by atoms with E-state index in [-0.39, 0.29) is 16.5 Å². The number of nitro groups is 1. The topological polar surface area (TPSA) is 66.9 Å². The lowest BCUT2D eigenvalue weighted by Gasteiger charge is -2.25. The number of rotatable bonds is 3. The minimum absolute atomic E-state index is 0.0721. The number of nitrogens with zero attached hydrogens (tertiary/aromatic N) is 2. The van der Waals surface area contributed by atoms with Crippen LogP contribution in [0.5, 0.6) is 0 Å². The Morgan fingerprint density at radius 1 is 1.50 bits per heavy atom. The fourth-order valence-electron chi connectivity index (χ4n) is 1.46. The van der Waals surface area contributed by atoms with Crippen molar-refractivity contribution in [2.24, 2.45) is 5.41 Å². The number of nitro benzene ring substituents is 1. The number of benzene rings is 1. The van der Waals surface area contributed by atoms with E-state index in [2.05, 4.69) is 0 Å². The molecule has 1 atom stereocenters. The molecule has 0 saturated heterocycles. The fourth-order valence-corrected chi connectivity index (χ4v) is 1.63. The summed E-state index contributed by atoms with van der Waals surface area (Å²) < 4.78 is 0. The van der Waals surface area contributed by atoms with Crippen LogP contribution in [-0.4, -0.2) is 10.3 Å². The van der Waals surface area contributed by atoms with Crippen LogP contribution in [0, 0.1) is 26.9 Å². The molecule has 0 N–H and O–H groups in total. The Balaban J connectivity index is 3.05. The molecule has 0 aromatic heterocycles. The summed E-state index contributed by atoms with van der Waals surface area (Å²) >= 11 is 6.28. The van der Waals surface area contributed by atoms with Crippen LogP contribution in [0.3, 0.4) is 0 Å². The van der Waals surface area contributed by atoms with Crippen molar-refractivity contribution in [1.82, 2.24) is 0 Å². The van der Waals surface area contributed by atoms with Gasteiger partial charge in [0.2, 0.25) is 0 Å². The third-order valence-electron chi connectivity index (χ3n) is 2.76. The molecule has 96 valence electrons. The van der Waals surface area contributed by atoms with E-state index >= 15 is 0 Å². The first-order chi connectivity index (χ1) is 8.25. The molecule has 0 bridgehead atoms. The molecule has 0 saturated carbocycles. The van der Waals surface area contributed by atoms with Gasteiger partial charge in [-0.1, -0.05) is 26.8 Å². The molecule has 1 aromatic rings. The molecule has 0 amide bonds. The van der Waals surface area contributed by atoms with E-state index in [1.165, 1.54) is 12.1 Å². The van der Waals surface area contributed by atoms with Crippen LogP contribution in [0.15, 0.2) is 18.2 Å². The largest absolute Gasteiger partial charge is 0.270 e. The van der Waals surface area contributed by atoms with Crippen molar-refractivity contribution >= 4 is 17.3 Å². The van der Waals surface area contributed by atoms with Gasteiger partial charge in [0, 0.05) is 17.5 Å². The Morgan fingerprint density at radius 3 is 2.56 bits per heavy atom. The molecule has 1 rings (SSSR count). The summed E-state index contributed by atoms with van der Waals surface area (Å²) in [5.41, 5.74) is 0.907. The number of alkyl halides is 1. The highest BCUT2D eigenvalue weighted by Gasteiger charge is 2.24. The summed E-state index contributed by atoms with van der Waals surface area (Å²) in [4.78, 5) is 10.1. The van der Waals surface area contributed by atoms with Crippen LogP contribution in [0.2, 0.25) is 0 Å². The van der Waals surface area contributed by atoms with Gasteiger partial charge in [-0.15, -0.1) is 11.6 Å². The van der Waals surface area contributed by atoms with Gasteiger partial charge >= 0.3 is 0 Å². The quantitative estimate of drug-likeness (QED) is 0.476. The van der Waals surface area contributed by atoms with Crippen LogP contribution in [0.25, 0.3) is 0 Å². The molecule has 0 aliphatic rings. The summed E-state index contributed by atoms with van der Waals surface area (Å²) in [5, 5.41) is 19.5. The van der Waals surface area contributed by atoms with E-state index in [9.17, 15) is 10.1 Å². The molecule has 1 unspecified atom stereocenters. The number of nitriles is 1. The second-order valence-corrected chi connectivity index (χ2v) is 5.77. The number of halogens is 1. The molecule has 0 aliphatic carbocycles. The monoisotopic (exact) mass is 266 g/mol. The first kappa shape index (κ1) is 14.5. The third-order valence-corrected chi connectivity index (χ3v) is 3.57. The van der Waals surface area contributed by atoms with E-state index in [1.807, 2.05) is 26.8 Å². The summed E-state index contributed by atoms with van der Waals surface area (Å²) in [6.45, 7) is 6.05. The first-order valence-electron chi connectivity index (χ1n) is 5.57. The van der Waals surface area contributed by atoms with Crippen molar-refractivity contribution in [3.05, 3.63) is 39.4 Å². The molecule has 1 aromatic carbocycles. The van der Waals surface area contributed by atoms with Gasteiger partial charge in [-0.3, -0.25) is 10.1 Å². The molecule has 4 nitrogen and oxygen atoms in total. The smallest absolute Gasteiger partial charge is 0.258 e. The van der Waals surface area contributed by atoms with Crippen LogP contribution in [0.4, 0.5) is 5.69 Å². The van der Waals surface area contributed by atoms with Gasteiger partial charge in [-0.25, -0.2) is 0 Å². The van der Waals surface area contributed by atoms with Crippen molar-refractivity contribution in [2.45, 2.75) is 32.6 Å². The highest BCUT2D eigenvalue weighted by molar-refractivity contribution is 6.21. The molecule has 0 heterocycles. The average Bonchev–Trinajstić information content (AvgIpc) is 2.27. The van der Waals surface area contributed by atoms with E-state index in [4.69, 9.17) is 16.9 Å². The van der Waals surface area contributed by atoms with Crippen molar-refractivity contribution in [2.75, 3.05) is 0 Å². The molecule has 18 heavy (non-hydrogen) atoms. The number of hydrogen-bond donors (Lipinski definition) is 0. The van der Waals surface area contributed by atoms with Crippen molar-refractivity contribution in [3.8, 4) is 6.07 Å². The van der Waals surface area contributed by atoms with Gasteiger partial charge in [-0.2, -0.15) is 5.26 Å². The standard InChI is InChI=1S/C13H15ClN2O2/c1-13(2,3)12(14)7-9-4-5-11(16(17)18)6-10(9)8-15/h4-6,12H,7H2,1-3H3. The van der Waals surface area contributed by atoms with E-state index in [1.54, 1.807) is 6.07 Å². The lowest BCUT2D eigenvalue weighted by molar-refractivity contribution is -0.384. The SMILES string of the molecule is CC(C)(C)C(Cl)Cc1ccc([N+](=O)[O-])cc1C#N. The Bertz CT molecular complexity index is 501. The molecule has 0 fully saturated rings. The Hall–Kier alpha value is -1.60. The Morgan fingerprint density at radius 2 is 2.11 bits per heavy atom. The van der Waals surface area contributed by atoms with Gasteiger partial charge in [0.15, 0.2) is 0 Å². The lowest BCUT2D eigenvalue weighted by atomic mass is 9.87. The average molecular weight is 267 g/mol. The second-order valence-electron chi connectivity index (χ2n) is 5.25. The Kier molecular flexibility index (Phi) is 4.31. The summed E-state index contributed by atoms with van der Waals surface area (Å²) in [6.07, 6.45) is 0.520. The third kappa shape index (κ3) is 3.44. The normalized spacial score (nSPS) is 12.8. The zero-order chi connectivity index (χ0) is 13.9. The first-order valence-corrected chi connectivity index (χ1v) is 6.01. The maximum absolute atomic E-state index is 10.6. The molecule has 0 aliphatic heterocycles. The highest BCUT2D eigenvalue weighted by atomic mass is 35.5. The van der Waals surface area contributed by atoms with Gasteiger partial charge in [0.05, 0.1) is 16.6 Å². The van der Waals surface area contributed by atoms with E-state index in [0.29, 0.717) is 12.0 Å². The highest BCUT2D eigenvalue weighted by Crippen LogP contribution is 2.29.